The van der Waals surface area contributed by atoms with E-state index < -0.39 is 17.0 Å². The van der Waals surface area contributed by atoms with E-state index >= 15 is 0 Å². The molecule has 10 heavy (non-hydrogen) atoms. The van der Waals surface area contributed by atoms with E-state index in [2.05, 4.69) is 6.07 Å². The van der Waals surface area contributed by atoms with Crippen LogP contribution in [0.2, 0.25) is 0 Å². The minimum absolute atomic E-state index is 0.556. The van der Waals surface area contributed by atoms with E-state index in [4.69, 9.17) is 18.6 Å². The minimum atomic E-state index is -0.556. The van der Waals surface area contributed by atoms with Crippen molar-refractivity contribution in [2.45, 2.75) is 6.92 Å². The molecule has 0 aliphatic carbocycles. The fourth-order valence-electron chi connectivity index (χ4n) is 0.483. The zero-order valence-corrected chi connectivity index (χ0v) is 8.64. The molecule has 0 unspecified atom stereocenters. The van der Waals surface area contributed by atoms with Gasteiger partial charge in [0.05, 0.1) is 0 Å². The van der Waals surface area contributed by atoms with E-state index in [0.717, 1.165) is 0 Å². The van der Waals surface area contributed by atoms with Crippen molar-refractivity contribution < 1.29 is 17.0 Å². The Bertz CT molecular complexity index is 153. The van der Waals surface area contributed by atoms with Crippen LogP contribution in [-0.2, 0) is 17.0 Å². The van der Waals surface area contributed by atoms with Gasteiger partial charge >= 0.3 is 35.6 Å². The van der Waals surface area contributed by atoms with Crippen molar-refractivity contribution >= 4 is 18.6 Å². The topological polar surface area (TPSA) is 0 Å². The standard InChI is InChI=1S/C7H7.2ClH.Ti/c1-7-5-3-2-4-6-7;;;/h2-5H,1H3;2*1H;/q;;;+2/p-2. The van der Waals surface area contributed by atoms with Crippen LogP contribution < -0.4 is 0 Å². The molecule has 0 saturated heterocycles. The maximum absolute atomic E-state index is 4.89. The first-order chi connectivity index (χ1) is 4.81. The van der Waals surface area contributed by atoms with Gasteiger partial charge in [0, 0.05) is 0 Å². The molecule has 0 aromatic heterocycles. The Kier molecular flexibility index (Phi) is 8.01. The van der Waals surface area contributed by atoms with E-state index in [1.165, 1.54) is 5.56 Å². The van der Waals surface area contributed by atoms with Gasteiger partial charge in [-0.3, -0.25) is 0 Å². The molecule has 0 atom stereocenters. The van der Waals surface area contributed by atoms with Gasteiger partial charge in [-0.05, 0) is 18.6 Å². The molecule has 0 fully saturated rings. The summed E-state index contributed by atoms with van der Waals surface area (Å²) in [5.74, 6) is 0. The summed E-state index contributed by atoms with van der Waals surface area (Å²) < 4.78 is 0. The average Bonchev–Trinajstić information content (AvgIpc) is 1.91. The van der Waals surface area contributed by atoms with Gasteiger partial charge in [-0.2, -0.15) is 0 Å². The summed E-state index contributed by atoms with van der Waals surface area (Å²) in [6.45, 7) is 2.03. The Morgan fingerprint density at radius 1 is 1.40 bits per heavy atom. The second-order valence-electron chi connectivity index (χ2n) is 1.62. The van der Waals surface area contributed by atoms with Crippen molar-refractivity contribution in [1.82, 2.24) is 0 Å². The molecule has 1 aromatic rings. The van der Waals surface area contributed by atoms with Crippen molar-refractivity contribution in [3.63, 3.8) is 0 Å². The molecule has 1 aromatic carbocycles. The normalized spacial score (nSPS) is 7.50. The Balaban J connectivity index is 0.000000236. The van der Waals surface area contributed by atoms with Crippen molar-refractivity contribution in [2.75, 3.05) is 0 Å². The van der Waals surface area contributed by atoms with Gasteiger partial charge in [-0.25, -0.2) is 0 Å². The first-order valence-corrected chi connectivity index (χ1v) is 7.00. The second-order valence-corrected chi connectivity index (χ2v) is 4.20. The molecule has 3 heteroatoms. The third-order valence-electron chi connectivity index (χ3n) is 0.865. The number of hydrogen-bond acceptors (Lipinski definition) is 0. The average molecular weight is 210 g/mol. The molecule has 0 saturated carbocycles. The molecule has 1 radical (unpaired) electrons. The monoisotopic (exact) mass is 209 g/mol. The van der Waals surface area contributed by atoms with Crippen LogP contribution in [-0.4, -0.2) is 0 Å². The van der Waals surface area contributed by atoms with Crippen molar-refractivity contribution in [3.8, 4) is 0 Å². The number of halogens is 2. The van der Waals surface area contributed by atoms with Crippen LogP contribution in [0.5, 0.6) is 0 Å². The predicted molar refractivity (Wildman–Crippen MR) is 41.7 cm³/mol. The summed E-state index contributed by atoms with van der Waals surface area (Å²) in [5.41, 5.74) is 1.20. The molecule has 53 valence electrons. The molecular weight excluding hydrogens is 203 g/mol. The SMILES string of the molecule is Cc1[c]cccc1.[Cl][Ti][Cl]. The van der Waals surface area contributed by atoms with Crippen LogP contribution >= 0.6 is 18.6 Å². The van der Waals surface area contributed by atoms with Crippen LogP contribution in [0.15, 0.2) is 24.3 Å². The van der Waals surface area contributed by atoms with Crippen molar-refractivity contribution in [2.24, 2.45) is 0 Å². The molecule has 0 aliphatic rings. The number of rotatable bonds is 0. The van der Waals surface area contributed by atoms with Crippen molar-refractivity contribution in [1.29, 1.82) is 0 Å². The Morgan fingerprint density at radius 2 is 2.00 bits per heavy atom. The van der Waals surface area contributed by atoms with Crippen LogP contribution in [0.25, 0.3) is 0 Å². The molecule has 0 nitrogen and oxygen atoms in total. The molecule has 1 rings (SSSR count). The Morgan fingerprint density at radius 3 is 2.20 bits per heavy atom. The second kappa shape index (κ2) is 7.62. The molecule has 0 bridgehead atoms. The maximum atomic E-state index is 4.89. The summed E-state index contributed by atoms with van der Waals surface area (Å²) >= 11 is -0.556. The first kappa shape index (κ1) is 10.5. The number of benzene rings is 1. The van der Waals surface area contributed by atoms with Gasteiger partial charge in [0.1, 0.15) is 0 Å². The molecule has 0 N–H and O–H groups in total. The zero-order chi connectivity index (χ0) is 7.82. The summed E-state index contributed by atoms with van der Waals surface area (Å²) in [5, 5.41) is 0. The van der Waals surface area contributed by atoms with E-state index in [0.29, 0.717) is 0 Å². The van der Waals surface area contributed by atoms with Gasteiger partial charge in [-0.1, -0.05) is 24.3 Å². The van der Waals surface area contributed by atoms with E-state index in [1.54, 1.807) is 0 Å². The van der Waals surface area contributed by atoms with E-state index in [-0.39, 0.29) is 0 Å². The third-order valence-corrected chi connectivity index (χ3v) is 0.865. The van der Waals surface area contributed by atoms with Crippen LogP contribution in [0.4, 0.5) is 0 Å². The quantitative estimate of drug-likeness (QED) is 0.576. The molecule has 0 heterocycles. The Labute approximate surface area is 78.2 Å². The number of hydrogen-bond donors (Lipinski definition) is 0. The van der Waals surface area contributed by atoms with Gasteiger partial charge in [-0.15, -0.1) is 0 Å². The summed E-state index contributed by atoms with van der Waals surface area (Å²) in [6, 6.07) is 10.9. The first-order valence-electron chi connectivity index (χ1n) is 2.71. The van der Waals surface area contributed by atoms with Crippen LogP contribution in [0, 0.1) is 13.0 Å². The van der Waals surface area contributed by atoms with Gasteiger partial charge in [0.25, 0.3) is 0 Å². The predicted octanol–water partition coefficient (Wildman–Crippen LogP) is 3.17. The third kappa shape index (κ3) is 6.63. The fourth-order valence-corrected chi connectivity index (χ4v) is 0.483. The zero-order valence-electron chi connectivity index (χ0n) is 5.57. The van der Waals surface area contributed by atoms with Gasteiger partial charge in [0.15, 0.2) is 0 Å². The molecule has 0 amide bonds. The van der Waals surface area contributed by atoms with Crippen LogP contribution in [0.1, 0.15) is 5.56 Å². The molecule has 0 spiro atoms. The van der Waals surface area contributed by atoms with Crippen molar-refractivity contribution in [3.05, 3.63) is 35.9 Å². The summed E-state index contributed by atoms with van der Waals surface area (Å²) in [4.78, 5) is 0. The number of aryl methyl sites for hydroxylation is 1. The van der Waals surface area contributed by atoms with Gasteiger partial charge in [0.2, 0.25) is 0 Å². The van der Waals surface area contributed by atoms with Crippen LogP contribution in [0.3, 0.4) is 0 Å². The summed E-state index contributed by atoms with van der Waals surface area (Å²) in [6.07, 6.45) is 0. The van der Waals surface area contributed by atoms with Gasteiger partial charge < -0.3 is 0 Å². The van der Waals surface area contributed by atoms with E-state index in [9.17, 15) is 0 Å². The molecule has 0 aliphatic heterocycles. The Hall–Kier alpha value is 0.514. The summed E-state index contributed by atoms with van der Waals surface area (Å²) in [7, 11) is 9.78. The fraction of sp³-hybridized carbons (Fsp3) is 0.143. The molecular formula is C7H7Cl2Ti. The van der Waals surface area contributed by atoms with E-state index in [1.807, 2.05) is 31.2 Å².